The number of nitrogens with one attached hydrogen (secondary N) is 1. The number of esters is 1. The fourth-order valence-electron chi connectivity index (χ4n) is 2.51. The molecule has 1 unspecified atom stereocenters. The van der Waals surface area contributed by atoms with E-state index in [1.165, 1.54) is 11.8 Å². The third kappa shape index (κ3) is 4.24. The number of carbonyl (C=O) groups is 2. The Balaban J connectivity index is 2.27. The molecule has 7 heteroatoms. The lowest BCUT2D eigenvalue weighted by molar-refractivity contribution is -0.143. The predicted molar refractivity (Wildman–Crippen MR) is 93.9 cm³/mol. The molecule has 0 bridgehead atoms. The van der Waals surface area contributed by atoms with Crippen LogP contribution in [-0.4, -0.2) is 28.8 Å². The lowest BCUT2D eigenvalue weighted by atomic mass is 9.99. The normalized spacial score (nSPS) is 12.1. The highest BCUT2D eigenvalue weighted by molar-refractivity contribution is 5.95. The van der Waals surface area contributed by atoms with Crippen LogP contribution in [0.1, 0.15) is 53.1 Å². The van der Waals surface area contributed by atoms with Crippen molar-refractivity contribution in [1.82, 2.24) is 15.1 Å². The molecule has 1 aromatic carbocycles. The van der Waals surface area contributed by atoms with Gasteiger partial charge in [0.05, 0.1) is 12.8 Å². The summed E-state index contributed by atoms with van der Waals surface area (Å²) >= 11 is 0. The maximum absolute atomic E-state index is 12.6. The largest absolute Gasteiger partial charge is 0.467 e. The molecule has 2 rings (SSSR count). The molecular formula is C18H24N4O3. The first-order chi connectivity index (χ1) is 11.9. The van der Waals surface area contributed by atoms with Crippen molar-refractivity contribution in [3.63, 3.8) is 0 Å². The Morgan fingerprint density at radius 2 is 1.84 bits per heavy atom. The fourth-order valence-corrected chi connectivity index (χ4v) is 2.51. The molecule has 0 spiro atoms. The van der Waals surface area contributed by atoms with Gasteiger partial charge in [0.2, 0.25) is 0 Å². The van der Waals surface area contributed by atoms with Crippen molar-refractivity contribution in [1.29, 1.82) is 0 Å². The summed E-state index contributed by atoms with van der Waals surface area (Å²) in [7, 11) is 2.94. The highest BCUT2D eigenvalue weighted by atomic mass is 16.5. The van der Waals surface area contributed by atoms with Crippen molar-refractivity contribution < 1.29 is 14.3 Å². The average molecular weight is 344 g/mol. The fraction of sp³-hybridized carbons (Fsp3) is 0.389. The standard InChI is InChI=1S/C18H24N4O3/c1-11(2)12-5-7-13(8-6-12)16(18(24)25-4)20-17(23)15-9-14(10-19)21-22(15)3/h5-9,11,16H,10,19H2,1-4H3,(H,20,23). The van der Waals surface area contributed by atoms with Crippen LogP contribution < -0.4 is 11.1 Å². The molecule has 0 aliphatic carbocycles. The molecule has 7 nitrogen and oxygen atoms in total. The maximum Gasteiger partial charge on any atom is 0.333 e. The molecular weight excluding hydrogens is 320 g/mol. The zero-order chi connectivity index (χ0) is 18.6. The van der Waals surface area contributed by atoms with Gasteiger partial charge in [-0.15, -0.1) is 0 Å². The van der Waals surface area contributed by atoms with E-state index in [4.69, 9.17) is 10.5 Å². The molecule has 1 amide bonds. The predicted octanol–water partition coefficient (Wildman–Crippen LogP) is 1.65. The second kappa shape index (κ2) is 7.94. The minimum atomic E-state index is -0.894. The third-order valence-corrected chi connectivity index (χ3v) is 4.02. The van der Waals surface area contributed by atoms with Gasteiger partial charge in [0, 0.05) is 13.6 Å². The monoisotopic (exact) mass is 344 g/mol. The van der Waals surface area contributed by atoms with Gasteiger partial charge in [0.25, 0.3) is 5.91 Å². The van der Waals surface area contributed by atoms with Gasteiger partial charge in [-0.05, 0) is 23.1 Å². The zero-order valence-electron chi connectivity index (χ0n) is 14.9. The van der Waals surface area contributed by atoms with E-state index in [2.05, 4.69) is 24.3 Å². The molecule has 1 heterocycles. The van der Waals surface area contributed by atoms with E-state index in [-0.39, 0.29) is 6.54 Å². The minimum absolute atomic E-state index is 0.234. The highest BCUT2D eigenvalue weighted by Gasteiger charge is 2.25. The van der Waals surface area contributed by atoms with Crippen molar-refractivity contribution in [3.05, 3.63) is 52.8 Å². The van der Waals surface area contributed by atoms with Gasteiger partial charge in [-0.1, -0.05) is 38.1 Å². The topological polar surface area (TPSA) is 99.2 Å². The van der Waals surface area contributed by atoms with Crippen molar-refractivity contribution in [2.75, 3.05) is 7.11 Å². The summed E-state index contributed by atoms with van der Waals surface area (Å²) in [5.74, 6) is -0.575. The van der Waals surface area contributed by atoms with Gasteiger partial charge in [-0.2, -0.15) is 5.10 Å². The molecule has 3 N–H and O–H groups in total. The first kappa shape index (κ1) is 18.7. The summed E-state index contributed by atoms with van der Waals surface area (Å²) in [4.78, 5) is 24.7. The molecule has 25 heavy (non-hydrogen) atoms. The molecule has 0 radical (unpaired) electrons. The van der Waals surface area contributed by atoms with Crippen LogP contribution in [0.3, 0.4) is 0 Å². The van der Waals surface area contributed by atoms with Gasteiger partial charge in [-0.3, -0.25) is 9.48 Å². The second-order valence-corrected chi connectivity index (χ2v) is 6.10. The van der Waals surface area contributed by atoms with E-state index in [0.29, 0.717) is 22.9 Å². The van der Waals surface area contributed by atoms with Crippen LogP contribution in [0.2, 0.25) is 0 Å². The zero-order valence-corrected chi connectivity index (χ0v) is 14.9. The molecule has 1 atom stereocenters. The van der Waals surface area contributed by atoms with Gasteiger partial charge in [0.1, 0.15) is 5.69 Å². The van der Waals surface area contributed by atoms with Gasteiger partial charge >= 0.3 is 5.97 Å². The number of benzene rings is 1. The molecule has 0 aliphatic rings. The van der Waals surface area contributed by atoms with E-state index in [0.717, 1.165) is 5.56 Å². The first-order valence-electron chi connectivity index (χ1n) is 8.08. The average Bonchev–Trinajstić information content (AvgIpc) is 3.00. The van der Waals surface area contributed by atoms with E-state index >= 15 is 0 Å². The van der Waals surface area contributed by atoms with E-state index in [1.54, 1.807) is 13.1 Å². The number of methoxy groups -OCH3 is 1. The number of hydrogen-bond acceptors (Lipinski definition) is 5. The molecule has 0 fully saturated rings. The van der Waals surface area contributed by atoms with Gasteiger partial charge in [0.15, 0.2) is 6.04 Å². The molecule has 134 valence electrons. The SMILES string of the molecule is COC(=O)C(NC(=O)c1cc(CN)nn1C)c1ccc(C(C)C)cc1. The Labute approximate surface area is 147 Å². The van der Waals surface area contributed by atoms with Crippen LogP contribution in [0.15, 0.2) is 30.3 Å². The molecule has 0 aliphatic heterocycles. The smallest absolute Gasteiger partial charge is 0.333 e. The third-order valence-electron chi connectivity index (χ3n) is 4.02. The van der Waals surface area contributed by atoms with E-state index in [9.17, 15) is 9.59 Å². The van der Waals surface area contributed by atoms with Crippen molar-refractivity contribution in [2.45, 2.75) is 32.4 Å². The minimum Gasteiger partial charge on any atom is -0.467 e. The van der Waals surface area contributed by atoms with Crippen LogP contribution in [0.4, 0.5) is 0 Å². The van der Waals surface area contributed by atoms with Crippen molar-refractivity contribution in [2.24, 2.45) is 12.8 Å². The number of hydrogen-bond donors (Lipinski definition) is 2. The number of rotatable bonds is 6. The Morgan fingerprint density at radius 3 is 2.32 bits per heavy atom. The number of amides is 1. The summed E-state index contributed by atoms with van der Waals surface area (Å²) in [6.45, 7) is 4.41. The second-order valence-electron chi connectivity index (χ2n) is 6.10. The number of aryl methyl sites for hydroxylation is 1. The van der Waals surface area contributed by atoms with Crippen LogP contribution >= 0.6 is 0 Å². The van der Waals surface area contributed by atoms with E-state index < -0.39 is 17.9 Å². The Bertz CT molecular complexity index is 750. The van der Waals surface area contributed by atoms with Gasteiger partial charge < -0.3 is 15.8 Å². The number of ether oxygens (including phenoxy) is 1. The maximum atomic E-state index is 12.6. The number of carbonyl (C=O) groups excluding carboxylic acids is 2. The molecule has 0 saturated heterocycles. The van der Waals surface area contributed by atoms with Crippen LogP contribution in [0, 0.1) is 0 Å². The van der Waals surface area contributed by atoms with Crippen LogP contribution in [0.25, 0.3) is 0 Å². The number of aromatic nitrogens is 2. The van der Waals surface area contributed by atoms with Gasteiger partial charge in [-0.25, -0.2) is 4.79 Å². The molecule has 1 aromatic heterocycles. The quantitative estimate of drug-likeness (QED) is 0.776. The molecule has 0 saturated carbocycles. The first-order valence-corrected chi connectivity index (χ1v) is 8.08. The summed E-state index contributed by atoms with van der Waals surface area (Å²) < 4.78 is 6.28. The Morgan fingerprint density at radius 1 is 1.24 bits per heavy atom. The van der Waals surface area contributed by atoms with E-state index in [1.807, 2.05) is 24.3 Å². The highest BCUT2D eigenvalue weighted by Crippen LogP contribution is 2.20. The lowest BCUT2D eigenvalue weighted by Gasteiger charge is -2.17. The Hall–Kier alpha value is -2.67. The summed E-state index contributed by atoms with van der Waals surface area (Å²) in [6.07, 6.45) is 0. The van der Waals surface area contributed by atoms with Crippen LogP contribution in [-0.2, 0) is 23.1 Å². The summed E-state index contributed by atoms with van der Waals surface area (Å²) in [5.41, 5.74) is 8.29. The Kier molecular flexibility index (Phi) is 5.93. The van der Waals surface area contributed by atoms with Crippen molar-refractivity contribution >= 4 is 11.9 Å². The summed E-state index contributed by atoms with van der Waals surface area (Å²) in [6, 6.07) is 8.25. The number of nitrogens with zero attached hydrogens (tertiary/aromatic N) is 2. The number of nitrogens with two attached hydrogens (primary N) is 1. The summed E-state index contributed by atoms with van der Waals surface area (Å²) in [5, 5.41) is 6.85. The van der Waals surface area contributed by atoms with Crippen LogP contribution in [0.5, 0.6) is 0 Å². The lowest BCUT2D eigenvalue weighted by Crippen LogP contribution is -2.35. The van der Waals surface area contributed by atoms with Crippen molar-refractivity contribution in [3.8, 4) is 0 Å². The molecule has 2 aromatic rings.